The Kier molecular flexibility index (Phi) is 2.89. The second-order valence-electron chi connectivity index (χ2n) is 4.85. The Morgan fingerprint density at radius 2 is 2.18 bits per heavy atom. The first kappa shape index (κ1) is 11.2. The van der Waals surface area contributed by atoms with Gasteiger partial charge in [-0.3, -0.25) is 0 Å². The largest absolute Gasteiger partial charge is 0.361 e. The topological polar surface area (TPSA) is 27.8 Å². The fraction of sp³-hybridized carbons (Fsp3) is 0.429. The third-order valence-electron chi connectivity index (χ3n) is 3.68. The first-order valence-electron chi connectivity index (χ1n) is 6.14. The molecular weight excluding hydrogens is 228 g/mol. The molecule has 0 bridgehead atoms. The predicted molar refractivity (Wildman–Crippen MR) is 75.5 cm³/mol. The number of hydrogen-bond donors (Lipinski definition) is 2. The summed E-state index contributed by atoms with van der Waals surface area (Å²) in [7, 11) is 0. The summed E-state index contributed by atoms with van der Waals surface area (Å²) in [5.74, 6) is 0. The lowest BCUT2D eigenvalue weighted by Gasteiger charge is -2.12. The number of thioether (sulfide) groups is 1. The highest BCUT2D eigenvalue weighted by molar-refractivity contribution is 8.00. The Bertz CT molecular complexity index is 514. The molecule has 1 fully saturated rings. The minimum absolute atomic E-state index is 0.548. The van der Waals surface area contributed by atoms with E-state index in [4.69, 9.17) is 0 Å². The molecule has 0 unspecified atom stereocenters. The number of para-hydroxylation sites is 1. The van der Waals surface area contributed by atoms with E-state index in [1.54, 1.807) is 0 Å². The Balaban J connectivity index is 1.65. The van der Waals surface area contributed by atoms with Gasteiger partial charge in [-0.05, 0) is 30.7 Å². The predicted octanol–water partition coefficient (Wildman–Crippen LogP) is 3.15. The summed E-state index contributed by atoms with van der Waals surface area (Å²) in [5.41, 5.74) is 2.60. The summed E-state index contributed by atoms with van der Waals surface area (Å²) in [5, 5.41) is 4.93. The summed E-state index contributed by atoms with van der Waals surface area (Å²) in [6.45, 7) is 2.10. The van der Waals surface area contributed by atoms with Crippen LogP contribution in [0, 0.1) is 0 Å². The van der Waals surface area contributed by atoms with Crippen LogP contribution in [0.4, 0.5) is 0 Å². The average molecular weight is 246 g/mol. The molecule has 1 aromatic carbocycles. The summed E-state index contributed by atoms with van der Waals surface area (Å²) < 4.78 is 0.548. The maximum atomic E-state index is 3.59. The third kappa shape index (κ3) is 2.22. The van der Waals surface area contributed by atoms with E-state index >= 15 is 0 Å². The summed E-state index contributed by atoms with van der Waals surface area (Å²) >= 11 is 2.01. The maximum absolute atomic E-state index is 3.59. The van der Waals surface area contributed by atoms with Gasteiger partial charge in [0.25, 0.3) is 0 Å². The number of benzene rings is 1. The van der Waals surface area contributed by atoms with Crippen LogP contribution in [0.25, 0.3) is 10.9 Å². The Morgan fingerprint density at radius 1 is 1.35 bits per heavy atom. The SMILES string of the molecule is CSC1(CNCc2c[nH]c3ccccc23)CC1. The number of rotatable bonds is 5. The number of fused-ring (bicyclic) bond motifs is 1. The standard InChI is InChI=1S/C14H18N2S/c1-17-14(6-7-14)10-15-8-11-9-16-13-5-3-2-4-12(11)13/h2-5,9,15-16H,6-8,10H2,1H3. The van der Waals surface area contributed by atoms with Crippen molar-refractivity contribution in [3.05, 3.63) is 36.0 Å². The lowest BCUT2D eigenvalue weighted by Crippen LogP contribution is -2.25. The summed E-state index contributed by atoms with van der Waals surface area (Å²) in [6.07, 6.45) is 7.08. The molecule has 0 spiro atoms. The molecule has 2 nitrogen and oxygen atoms in total. The highest BCUT2D eigenvalue weighted by Crippen LogP contribution is 2.46. The lowest BCUT2D eigenvalue weighted by atomic mass is 10.2. The van der Waals surface area contributed by atoms with Gasteiger partial charge in [-0.25, -0.2) is 0 Å². The highest BCUT2D eigenvalue weighted by Gasteiger charge is 2.41. The van der Waals surface area contributed by atoms with Crippen LogP contribution < -0.4 is 5.32 Å². The molecule has 0 radical (unpaired) electrons. The molecule has 2 aromatic rings. The second kappa shape index (κ2) is 4.39. The molecule has 90 valence electrons. The van der Waals surface area contributed by atoms with Gasteiger partial charge in [-0.15, -0.1) is 0 Å². The molecule has 0 saturated heterocycles. The number of H-pyrrole nitrogens is 1. The van der Waals surface area contributed by atoms with Crippen LogP contribution in [-0.2, 0) is 6.54 Å². The van der Waals surface area contributed by atoms with Gasteiger partial charge in [0.1, 0.15) is 0 Å². The molecule has 3 heteroatoms. The molecule has 1 aliphatic rings. The molecular formula is C14H18N2S. The van der Waals surface area contributed by atoms with Gasteiger partial charge >= 0.3 is 0 Å². The van der Waals surface area contributed by atoms with E-state index in [1.165, 1.54) is 29.3 Å². The van der Waals surface area contributed by atoms with Crippen molar-refractivity contribution in [1.29, 1.82) is 0 Å². The zero-order valence-electron chi connectivity index (χ0n) is 10.1. The van der Waals surface area contributed by atoms with Crippen LogP contribution in [0.2, 0.25) is 0 Å². The summed E-state index contributed by atoms with van der Waals surface area (Å²) in [4.78, 5) is 3.32. The van der Waals surface area contributed by atoms with Gasteiger partial charge in [0, 0.05) is 34.9 Å². The van der Waals surface area contributed by atoms with Gasteiger partial charge in [0.05, 0.1) is 0 Å². The summed E-state index contributed by atoms with van der Waals surface area (Å²) in [6, 6.07) is 8.49. The van der Waals surface area contributed by atoms with Gasteiger partial charge in [0.15, 0.2) is 0 Å². The fourth-order valence-electron chi connectivity index (χ4n) is 2.30. The molecule has 17 heavy (non-hydrogen) atoms. The molecule has 2 N–H and O–H groups in total. The minimum Gasteiger partial charge on any atom is -0.361 e. The Hall–Kier alpha value is -0.930. The highest BCUT2D eigenvalue weighted by atomic mass is 32.2. The zero-order valence-corrected chi connectivity index (χ0v) is 10.9. The number of aromatic nitrogens is 1. The van der Waals surface area contributed by atoms with Crippen molar-refractivity contribution in [3.63, 3.8) is 0 Å². The molecule has 1 aromatic heterocycles. The van der Waals surface area contributed by atoms with Crippen LogP contribution in [0.15, 0.2) is 30.5 Å². The van der Waals surface area contributed by atoms with Crippen LogP contribution >= 0.6 is 11.8 Å². The second-order valence-corrected chi connectivity index (χ2v) is 6.12. The number of nitrogens with one attached hydrogen (secondary N) is 2. The van der Waals surface area contributed by atoms with Crippen molar-refractivity contribution >= 4 is 22.7 Å². The van der Waals surface area contributed by atoms with Crippen LogP contribution in [-0.4, -0.2) is 22.5 Å². The minimum atomic E-state index is 0.548. The normalized spacial score (nSPS) is 17.5. The third-order valence-corrected chi connectivity index (χ3v) is 5.10. The van der Waals surface area contributed by atoms with E-state index in [9.17, 15) is 0 Å². The Labute approximate surface area is 106 Å². The van der Waals surface area contributed by atoms with Crippen molar-refractivity contribution in [3.8, 4) is 0 Å². The van der Waals surface area contributed by atoms with Crippen molar-refractivity contribution in [2.45, 2.75) is 24.1 Å². The van der Waals surface area contributed by atoms with E-state index in [0.29, 0.717) is 4.75 Å². The van der Waals surface area contributed by atoms with Crippen molar-refractivity contribution < 1.29 is 0 Å². The van der Waals surface area contributed by atoms with E-state index < -0.39 is 0 Å². The monoisotopic (exact) mass is 246 g/mol. The van der Waals surface area contributed by atoms with Crippen LogP contribution in [0.3, 0.4) is 0 Å². The van der Waals surface area contributed by atoms with E-state index in [0.717, 1.165) is 13.1 Å². The number of aromatic amines is 1. The average Bonchev–Trinajstić information content (AvgIpc) is 3.04. The maximum Gasteiger partial charge on any atom is 0.0457 e. The van der Waals surface area contributed by atoms with Gasteiger partial charge < -0.3 is 10.3 Å². The first-order valence-corrected chi connectivity index (χ1v) is 7.36. The molecule has 0 aliphatic heterocycles. The van der Waals surface area contributed by atoms with Crippen molar-refractivity contribution in [2.24, 2.45) is 0 Å². The molecule has 0 amide bonds. The van der Waals surface area contributed by atoms with E-state index in [1.807, 2.05) is 11.8 Å². The van der Waals surface area contributed by atoms with Gasteiger partial charge in [-0.2, -0.15) is 11.8 Å². The van der Waals surface area contributed by atoms with Gasteiger partial charge in [-0.1, -0.05) is 18.2 Å². The first-order chi connectivity index (χ1) is 8.33. The number of hydrogen-bond acceptors (Lipinski definition) is 2. The van der Waals surface area contributed by atoms with Gasteiger partial charge in [0.2, 0.25) is 0 Å². The molecule has 1 heterocycles. The smallest absolute Gasteiger partial charge is 0.0457 e. The zero-order chi connectivity index (χ0) is 11.7. The molecule has 1 saturated carbocycles. The van der Waals surface area contributed by atoms with E-state index in [-0.39, 0.29) is 0 Å². The lowest BCUT2D eigenvalue weighted by molar-refractivity contribution is 0.665. The molecule has 3 rings (SSSR count). The molecule has 1 aliphatic carbocycles. The van der Waals surface area contributed by atoms with Crippen molar-refractivity contribution in [2.75, 3.05) is 12.8 Å². The van der Waals surface area contributed by atoms with E-state index in [2.05, 4.69) is 47.0 Å². The van der Waals surface area contributed by atoms with Crippen LogP contribution in [0.1, 0.15) is 18.4 Å². The van der Waals surface area contributed by atoms with Crippen molar-refractivity contribution in [1.82, 2.24) is 10.3 Å². The quantitative estimate of drug-likeness (QED) is 0.848. The molecule has 0 atom stereocenters. The fourth-order valence-corrected chi connectivity index (χ4v) is 3.05. The Morgan fingerprint density at radius 3 is 2.94 bits per heavy atom. The van der Waals surface area contributed by atoms with Crippen LogP contribution in [0.5, 0.6) is 0 Å².